The Labute approximate surface area is 187 Å². The first-order chi connectivity index (χ1) is 15.0. The average Bonchev–Trinajstić information content (AvgIpc) is 3.06. The number of carbonyl (C=O) groups excluding carboxylic acids is 1. The van der Waals surface area contributed by atoms with Gasteiger partial charge in [0.1, 0.15) is 11.2 Å². The SMILES string of the molecule is CCC(O)(CC)c1cnc2n1C[C@H](c1cccc(F)c1F)CC=C2NC(=O)OC(C)(C)C. The summed E-state index contributed by atoms with van der Waals surface area (Å²) >= 11 is 0. The van der Waals surface area contributed by atoms with E-state index in [0.717, 1.165) is 6.07 Å². The van der Waals surface area contributed by atoms with Crippen molar-refractivity contribution < 1.29 is 23.4 Å². The third-order valence-corrected chi connectivity index (χ3v) is 5.81. The van der Waals surface area contributed by atoms with E-state index in [0.29, 0.717) is 36.5 Å². The number of hydrogen-bond donors (Lipinski definition) is 2. The van der Waals surface area contributed by atoms with Gasteiger partial charge in [0.2, 0.25) is 0 Å². The van der Waals surface area contributed by atoms with E-state index >= 15 is 0 Å². The van der Waals surface area contributed by atoms with E-state index in [1.807, 2.05) is 13.8 Å². The van der Waals surface area contributed by atoms with Crippen molar-refractivity contribution in [3.63, 3.8) is 0 Å². The molecule has 0 aliphatic carbocycles. The van der Waals surface area contributed by atoms with Crippen molar-refractivity contribution >= 4 is 11.8 Å². The van der Waals surface area contributed by atoms with Gasteiger partial charge in [-0.15, -0.1) is 0 Å². The Hall–Kier alpha value is -2.74. The fourth-order valence-electron chi connectivity index (χ4n) is 3.99. The monoisotopic (exact) mass is 447 g/mol. The lowest BCUT2D eigenvalue weighted by Gasteiger charge is -2.28. The van der Waals surface area contributed by atoms with Crippen LogP contribution in [0.5, 0.6) is 0 Å². The zero-order chi connectivity index (χ0) is 23.7. The molecule has 0 saturated carbocycles. The summed E-state index contributed by atoms with van der Waals surface area (Å²) in [4.78, 5) is 16.9. The Balaban J connectivity index is 2.08. The molecule has 1 atom stereocenters. The summed E-state index contributed by atoms with van der Waals surface area (Å²) < 4.78 is 35.7. The number of imidazole rings is 1. The Morgan fingerprint density at radius 3 is 2.59 bits per heavy atom. The lowest BCUT2D eigenvalue weighted by molar-refractivity contribution is 0.0200. The van der Waals surface area contributed by atoms with E-state index in [1.165, 1.54) is 6.07 Å². The number of amides is 1. The number of nitrogens with zero attached hydrogens (tertiary/aromatic N) is 2. The van der Waals surface area contributed by atoms with E-state index in [4.69, 9.17) is 4.74 Å². The Morgan fingerprint density at radius 1 is 1.28 bits per heavy atom. The van der Waals surface area contributed by atoms with Crippen molar-refractivity contribution in [1.29, 1.82) is 0 Å². The smallest absolute Gasteiger partial charge is 0.412 e. The summed E-state index contributed by atoms with van der Waals surface area (Å²) in [7, 11) is 0. The van der Waals surface area contributed by atoms with E-state index < -0.39 is 34.8 Å². The van der Waals surface area contributed by atoms with Gasteiger partial charge in [-0.25, -0.2) is 18.6 Å². The van der Waals surface area contributed by atoms with Crippen LogP contribution in [0.1, 0.15) is 76.9 Å². The van der Waals surface area contributed by atoms with Crippen LogP contribution in [0.25, 0.3) is 5.70 Å². The van der Waals surface area contributed by atoms with Crippen LogP contribution in [0, 0.1) is 11.6 Å². The number of aliphatic hydroxyl groups is 1. The highest BCUT2D eigenvalue weighted by Crippen LogP contribution is 2.36. The summed E-state index contributed by atoms with van der Waals surface area (Å²) in [6, 6.07) is 4.12. The minimum atomic E-state index is -1.14. The molecular weight excluding hydrogens is 416 g/mol. The molecule has 0 saturated heterocycles. The maximum absolute atomic E-state index is 14.6. The van der Waals surface area contributed by atoms with Crippen LogP contribution in [0.4, 0.5) is 13.6 Å². The first-order valence-corrected chi connectivity index (χ1v) is 10.9. The molecule has 6 nitrogen and oxygen atoms in total. The fraction of sp³-hybridized carbons (Fsp3) is 0.500. The molecule has 3 rings (SSSR count). The molecular formula is C24H31F2N3O3. The van der Waals surface area contributed by atoms with Crippen molar-refractivity contribution in [1.82, 2.24) is 14.9 Å². The van der Waals surface area contributed by atoms with Gasteiger partial charge in [-0.1, -0.05) is 32.1 Å². The quantitative estimate of drug-likeness (QED) is 0.659. The molecule has 8 heteroatoms. The number of alkyl carbamates (subject to hydrolysis) is 1. The van der Waals surface area contributed by atoms with Gasteiger partial charge in [0.05, 0.1) is 17.6 Å². The molecule has 0 bridgehead atoms. The third kappa shape index (κ3) is 4.85. The van der Waals surface area contributed by atoms with E-state index in [2.05, 4.69) is 10.3 Å². The molecule has 0 radical (unpaired) electrons. The number of aromatic nitrogens is 2. The maximum atomic E-state index is 14.6. The number of halogens is 2. The van der Waals surface area contributed by atoms with Gasteiger partial charge in [0, 0.05) is 12.5 Å². The van der Waals surface area contributed by atoms with Gasteiger partial charge in [0.25, 0.3) is 0 Å². The van der Waals surface area contributed by atoms with Crippen LogP contribution >= 0.6 is 0 Å². The number of fused-ring (bicyclic) bond motifs is 1. The summed E-state index contributed by atoms with van der Waals surface area (Å²) in [5.41, 5.74) is -0.620. The van der Waals surface area contributed by atoms with Crippen LogP contribution in [0.2, 0.25) is 0 Å². The summed E-state index contributed by atoms with van der Waals surface area (Å²) in [5, 5.41) is 13.9. The van der Waals surface area contributed by atoms with Gasteiger partial charge < -0.3 is 14.4 Å². The zero-order valence-electron chi connectivity index (χ0n) is 19.2. The lowest BCUT2D eigenvalue weighted by Crippen LogP contribution is -2.32. The molecule has 1 aliphatic heterocycles. The number of hydrogen-bond acceptors (Lipinski definition) is 4. The summed E-state index contributed by atoms with van der Waals surface area (Å²) in [5.74, 6) is -1.79. The normalized spacial score (nSPS) is 16.8. The molecule has 0 spiro atoms. The van der Waals surface area contributed by atoms with Crippen LogP contribution in [-0.2, 0) is 16.9 Å². The van der Waals surface area contributed by atoms with Gasteiger partial charge in [-0.3, -0.25) is 5.32 Å². The third-order valence-electron chi connectivity index (χ3n) is 5.81. The van der Waals surface area contributed by atoms with Crippen molar-refractivity contribution in [2.24, 2.45) is 0 Å². The van der Waals surface area contributed by atoms with E-state index in [1.54, 1.807) is 43.7 Å². The second-order valence-corrected chi connectivity index (χ2v) is 9.14. The van der Waals surface area contributed by atoms with Gasteiger partial charge in [0.15, 0.2) is 17.5 Å². The molecule has 2 heterocycles. The van der Waals surface area contributed by atoms with E-state index in [-0.39, 0.29) is 12.1 Å². The molecule has 1 aliphatic rings. The summed E-state index contributed by atoms with van der Waals surface area (Å²) in [6.07, 6.45) is 3.92. The van der Waals surface area contributed by atoms with E-state index in [9.17, 15) is 18.7 Å². The highest BCUT2D eigenvalue weighted by molar-refractivity contribution is 5.80. The molecule has 0 unspecified atom stereocenters. The number of benzene rings is 1. The Morgan fingerprint density at radius 2 is 1.97 bits per heavy atom. The average molecular weight is 448 g/mol. The largest absolute Gasteiger partial charge is 0.444 e. The lowest BCUT2D eigenvalue weighted by atomic mass is 9.92. The van der Waals surface area contributed by atoms with Crippen molar-refractivity contribution in [2.45, 2.75) is 77.5 Å². The van der Waals surface area contributed by atoms with Gasteiger partial charge >= 0.3 is 6.09 Å². The molecule has 2 aromatic rings. The van der Waals surface area contributed by atoms with Crippen LogP contribution in [0.3, 0.4) is 0 Å². The first-order valence-electron chi connectivity index (χ1n) is 10.9. The maximum Gasteiger partial charge on any atom is 0.412 e. The minimum Gasteiger partial charge on any atom is -0.444 e. The molecule has 174 valence electrons. The topological polar surface area (TPSA) is 76.4 Å². The standard InChI is InChI=1S/C24H31F2N3O3/c1-6-24(31,7-2)19-13-27-21-18(28-22(30)32-23(3,4)5)12-11-15(14-29(19)21)16-9-8-10-17(25)20(16)26/h8-10,12-13,15,31H,6-7,11,14H2,1-5H3,(H,28,30)/t15-/m1/s1. The Kier molecular flexibility index (Phi) is 6.74. The molecule has 0 fully saturated rings. The molecule has 1 amide bonds. The van der Waals surface area contributed by atoms with Gasteiger partial charge in [-0.2, -0.15) is 0 Å². The molecule has 2 N–H and O–H groups in total. The van der Waals surface area contributed by atoms with Crippen molar-refractivity contribution in [3.8, 4) is 0 Å². The highest BCUT2D eigenvalue weighted by atomic mass is 19.2. The molecule has 1 aromatic heterocycles. The highest BCUT2D eigenvalue weighted by Gasteiger charge is 2.34. The number of carbonyl (C=O) groups is 1. The predicted molar refractivity (Wildman–Crippen MR) is 118 cm³/mol. The van der Waals surface area contributed by atoms with Crippen LogP contribution in [-0.4, -0.2) is 26.4 Å². The second kappa shape index (κ2) is 9.02. The number of nitrogens with one attached hydrogen (secondary N) is 1. The van der Waals surface area contributed by atoms with Gasteiger partial charge in [-0.05, 0) is 51.7 Å². The number of rotatable bonds is 5. The van der Waals surface area contributed by atoms with Crippen molar-refractivity contribution in [2.75, 3.05) is 0 Å². The summed E-state index contributed by atoms with van der Waals surface area (Å²) in [6.45, 7) is 9.30. The predicted octanol–water partition coefficient (Wildman–Crippen LogP) is 5.22. The molecule has 1 aromatic carbocycles. The minimum absolute atomic E-state index is 0.238. The van der Waals surface area contributed by atoms with Crippen molar-refractivity contribution in [3.05, 3.63) is 59.2 Å². The van der Waals surface area contributed by atoms with Crippen LogP contribution < -0.4 is 5.32 Å². The molecule has 32 heavy (non-hydrogen) atoms. The Bertz CT molecular complexity index is 1020. The number of ether oxygens (including phenoxy) is 1. The fourth-order valence-corrected chi connectivity index (χ4v) is 3.99. The second-order valence-electron chi connectivity index (χ2n) is 9.14. The van der Waals surface area contributed by atoms with Crippen LogP contribution in [0.15, 0.2) is 30.5 Å². The number of allylic oxidation sites excluding steroid dienone is 1. The zero-order valence-corrected chi connectivity index (χ0v) is 19.2. The first kappa shape index (κ1) is 23.9.